The van der Waals surface area contributed by atoms with Crippen LogP contribution in [0.4, 0.5) is 19.0 Å². The number of carbonyl (C=O) groups is 2. The van der Waals surface area contributed by atoms with Gasteiger partial charge in [0.25, 0.3) is 11.8 Å². The summed E-state index contributed by atoms with van der Waals surface area (Å²) in [5, 5.41) is 9.93. The Labute approximate surface area is 237 Å². The molecular weight excluding hydrogens is 569 g/mol. The smallest absolute Gasteiger partial charge is 0.425 e. The van der Waals surface area contributed by atoms with Crippen LogP contribution in [0.1, 0.15) is 28.9 Å². The van der Waals surface area contributed by atoms with Crippen LogP contribution < -0.4 is 14.4 Å². The van der Waals surface area contributed by atoms with Crippen molar-refractivity contribution in [1.29, 1.82) is 0 Å². The summed E-state index contributed by atoms with van der Waals surface area (Å²) < 4.78 is 55.5. The molecule has 1 N–H and O–H groups in total. The molecule has 3 aromatic rings. The molecule has 218 valence electrons. The summed E-state index contributed by atoms with van der Waals surface area (Å²) in [6.45, 7) is 0.0867. The summed E-state index contributed by atoms with van der Waals surface area (Å²) in [6.07, 6.45) is -4.72. The third kappa shape index (κ3) is 6.11. The second kappa shape index (κ2) is 11.6. The monoisotopic (exact) mass is 594 g/mol. The maximum atomic E-state index is 14.0. The number of amides is 2. The molecule has 2 aliphatic heterocycles. The van der Waals surface area contributed by atoms with Crippen molar-refractivity contribution in [3.63, 3.8) is 0 Å². The Morgan fingerprint density at radius 3 is 2.54 bits per heavy atom. The Balaban J connectivity index is 1.63. The van der Waals surface area contributed by atoms with E-state index in [9.17, 15) is 27.9 Å². The quantitative estimate of drug-likeness (QED) is 0.367. The van der Waals surface area contributed by atoms with Crippen molar-refractivity contribution >= 4 is 29.2 Å². The van der Waals surface area contributed by atoms with Gasteiger partial charge in [0, 0.05) is 44.3 Å². The van der Waals surface area contributed by atoms with E-state index in [1.807, 2.05) is 0 Å². The number of alkyl halides is 3. The number of halogens is 4. The molecule has 2 aliphatic rings. The molecule has 5 rings (SSSR count). The molecule has 0 saturated carbocycles. The summed E-state index contributed by atoms with van der Waals surface area (Å²) in [7, 11) is 1.53. The van der Waals surface area contributed by atoms with Crippen LogP contribution in [0.15, 0.2) is 48.5 Å². The highest BCUT2D eigenvalue weighted by Crippen LogP contribution is 2.39. The van der Waals surface area contributed by atoms with Crippen molar-refractivity contribution in [2.75, 3.05) is 31.7 Å². The van der Waals surface area contributed by atoms with E-state index >= 15 is 0 Å². The van der Waals surface area contributed by atoms with Crippen LogP contribution in [0.25, 0.3) is 0 Å². The van der Waals surface area contributed by atoms with E-state index in [0.717, 1.165) is 17.0 Å². The van der Waals surface area contributed by atoms with Gasteiger partial charge in [0.2, 0.25) is 0 Å². The topological polar surface area (TPSA) is 106 Å². The van der Waals surface area contributed by atoms with Gasteiger partial charge in [-0.2, -0.15) is 4.98 Å². The van der Waals surface area contributed by atoms with Crippen molar-refractivity contribution in [2.45, 2.75) is 37.9 Å². The number of benzene rings is 2. The number of fused-ring (bicyclic) bond motifs is 3. The van der Waals surface area contributed by atoms with Gasteiger partial charge < -0.3 is 24.2 Å². The Kier molecular flexibility index (Phi) is 8.11. The van der Waals surface area contributed by atoms with Crippen molar-refractivity contribution in [3.05, 3.63) is 64.8 Å². The fourth-order valence-corrected chi connectivity index (χ4v) is 5.08. The number of hydrogen-bond acceptors (Lipinski definition) is 8. The normalized spacial score (nSPS) is 18.8. The highest BCUT2D eigenvalue weighted by Gasteiger charge is 2.48. The van der Waals surface area contributed by atoms with Gasteiger partial charge in [-0.15, -0.1) is 13.2 Å². The second-order valence-corrected chi connectivity index (χ2v) is 9.97. The standard InChI is InChI=1S/C27H26ClF3N4O6/c1-39-20-13-21-24(37)33(10-3-11-36)25(38)22-23(34(21)15-20)32-26(35(22)14-16-6-8-17(28)9-7-16)40-18-4-2-5-19(12-18)41-27(29,30)31/h2,4-9,12,20-21,36H,3,10-11,13-15H2,1H3. The number of hydrogen-bond donors (Lipinski definition) is 1. The van der Waals surface area contributed by atoms with Crippen LogP contribution in [-0.4, -0.2) is 76.7 Å². The molecule has 2 atom stereocenters. The number of aliphatic hydroxyl groups excluding tert-OH is 1. The van der Waals surface area contributed by atoms with E-state index in [2.05, 4.69) is 9.72 Å². The molecule has 0 bridgehead atoms. The first kappa shape index (κ1) is 28.7. The van der Waals surface area contributed by atoms with Crippen molar-refractivity contribution < 1.29 is 42.1 Å². The molecule has 0 spiro atoms. The average Bonchev–Trinajstić information content (AvgIpc) is 3.49. The molecule has 2 aromatic carbocycles. The highest BCUT2D eigenvalue weighted by atomic mass is 35.5. The van der Waals surface area contributed by atoms with E-state index in [1.165, 1.54) is 23.8 Å². The maximum absolute atomic E-state index is 14.0. The number of anilines is 1. The number of rotatable bonds is 9. The first-order valence-corrected chi connectivity index (χ1v) is 13.1. The molecule has 1 aromatic heterocycles. The lowest BCUT2D eigenvalue weighted by Gasteiger charge is -2.24. The summed E-state index contributed by atoms with van der Waals surface area (Å²) >= 11 is 6.05. The number of imidazole rings is 1. The highest BCUT2D eigenvalue weighted by molar-refractivity contribution is 6.30. The van der Waals surface area contributed by atoms with Gasteiger partial charge in [-0.25, -0.2) is 0 Å². The Morgan fingerprint density at radius 2 is 1.85 bits per heavy atom. The van der Waals surface area contributed by atoms with Crippen LogP contribution in [0.3, 0.4) is 0 Å². The minimum atomic E-state index is -4.90. The fraction of sp³-hybridized carbons (Fsp3) is 0.370. The van der Waals surface area contributed by atoms with Crippen LogP contribution in [-0.2, 0) is 16.1 Å². The first-order chi connectivity index (χ1) is 19.6. The molecular formula is C27H26ClF3N4O6. The molecule has 0 aliphatic carbocycles. The molecule has 14 heteroatoms. The predicted molar refractivity (Wildman–Crippen MR) is 140 cm³/mol. The van der Waals surface area contributed by atoms with Crippen LogP contribution >= 0.6 is 11.6 Å². The van der Waals surface area contributed by atoms with Crippen LogP contribution in [0, 0.1) is 0 Å². The number of nitrogens with zero attached hydrogens (tertiary/aromatic N) is 4. The van der Waals surface area contributed by atoms with Crippen LogP contribution in [0.2, 0.25) is 5.02 Å². The van der Waals surface area contributed by atoms with Gasteiger partial charge in [-0.3, -0.25) is 19.1 Å². The average molecular weight is 595 g/mol. The molecule has 2 amide bonds. The minimum Gasteiger partial charge on any atom is -0.425 e. The third-order valence-corrected chi connectivity index (χ3v) is 7.08. The number of imide groups is 1. The number of carbonyl (C=O) groups excluding carboxylic acids is 2. The van der Waals surface area contributed by atoms with E-state index in [1.54, 1.807) is 29.2 Å². The van der Waals surface area contributed by atoms with Crippen LogP contribution in [0.5, 0.6) is 17.5 Å². The van der Waals surface area contributed by atoms with Gasteiger partial charge in [0.05, 0.1) is 12.6 Å². The molecule has 3 heterocycles. The number of aromatic nitrogens is 2. The molecule has 0 radical (unpaired) electrons. The Bertz CT molecular complexity index is 1430. The minimum absolute atomic E-state index is 0.0160. The fourth-order valence-electron chi connectivity index (χ4n) is 4.95. The molecule has 41 heavy (non-hydrogen) atoms. The predicted octanol–water partition coefficient (Wildman–Crippen LogP) is 4.23. The molecule has 10 nitrogen and oxygen atoms in total. The first-order valence-electron chi connectivity index (χ1n) is 12.7. The SMILES string of the molecule is COC1CC2C(=O)N(CCCO)C(=O)c3c(nc(Oc4cccc(OC(F)(F)F)c4)n3Cc3ccc(Cl)cc3)N2C1. The van der Waals surface area contributed by atoms with E-state index < -0.39 is 30.0 Å². The summed E-state index contributed by atoms with van der Waals surface area (Å²) in [6, 6.07) is 10.9. The van der Waals surface area contributed by atoms with E-state index in [4.69, 9.17) is 21.1 Å². The number of methoxy groups -OCH3 is 1. The number of aliphatic hydroxyl groups is 1. The lowest BCUT2D eigenvalue weighted by molar-refractivity contribution is -0.274. The molecule has 2 unspecified atom stereocenters. The van der Waals surface area contributed by atoms with Crippen molar-refractivity contribution in [2.24, 2.45) is 0 Å². The van der Waals surface area contributed by atoms with Gasteiger partial charge in [0.15, 0.2) is 11.5 Å². The third-order valence-electron chi connectivity index (χ3n) is 6.82. The number of ether oxygens (including phenoxy) is 3. The molecule has 1 fully saturated rings. The van der Waals surface area contributed by atoms with Crippen molar-refractivity contribution in [3.8, 4) is 17.5 Å². The lowest BCUT2D eigenvalue weighted by atomic mass is 10.1. The van der Waals surface area contributed by atoms with Crippen molar-refractivity contribution in [1.82, 2.24) is 14.5 Å². The molecule has 1 saturated heterocycles. The van der Waals surface area contributed by atoms with E-state index in [-0.39, 0.29) is 62.0 Å². The maximum Gasteiger partial charge on any atom is 0.573 e. The van der Waals surface area contributed by atoms with Gasteiger partial charge >= 0.3 is 12.4 Å². The lowest BCUT2D eigenvalue weighted by Crippen LogP contribution is -2.46. The summed E-state index contributed by atoms with van der Waals surface area (Å²) in [4.78, 5) is 34.9. The Hall–Kier alpha value is -3.81. The summed E-state index contributed by atoms with van der Waals surface area (Å²) in [5.74, 6) is -1.39. The van der Waals surface area contributed by atoms with E-state index in [0.29, 0.717) is 17.0 Å². The second-order valence-electron chi connectivity index (χ2n) is 9.54. The van der Waals surface area contributed by atoms with Gasteiger partial charge in [0.1, 0.15) is 17.5 Å². The summed E-state index contributed by atoms with van der Waals surface area (Å²) in [5.41, 5.74) is 0.773. The van der Waals surface area contributed by atoms with Gasteiger partial charge in [-0.1, -0.05) is 29.8 Å². The zero-order chi connectivity index (χ0) is 29.3. The Morgan fingerprint density at radius 1 is 1.12 bits per heavy atom. The van der Waals surface area contributed by atoms with Gasteiger partial charge in [-0.05, 0) is 36.2 Å². The zero-order valence-corrected chi connectivity index (χ0v) is 22.6. The zero-order valence-electron chi connectivity index (χ0n) is 21.8. The largest absolute Gasteiger partial charge is 0.573 e.